The van der Waals surface area contributed by atoms with Crippen molar-refractivity contribution in [2.75, 3.05) is 6.61 Å². The zero-order valence-corrected chi connectivity index (χ0v) is 15.4. The van der Waals surface area contributed by atoms with E-state index in [-0.39, 0.29) is 0 Å². The van der Waals surface area contributed by atoms with Gasteiger partial charge in [0.25, 0.3) is 0 Å². The lowest BCUT2D eigenvalue weighted by atomic mass is 9.81. The molecule has 2 heteroatoms. The highest BCUT2D eigenvalue weighted by Gasteiger charge is 2.42. The van der Waals surface area contributed by atoms with E-state index in [1.165, 1.54) is 30.4 Å². The molecule has 1 fully saturated rings. The Labute approximate surface area is 157 Å². The third-order valence-corrected chi connectivity index (χ3v) is 6.08. The van der Waals surface area contributed by atoms with Crippen LogP contribution in [-0.4, -0.2) is 12.6 Å². The summed E-state index contributed by atoms with van der Waals surface area (Å²) in [5.74, 6) is 2.19. The maximum Gasteiger partial charge on any atom is 0.0717 e. The van der Waals surface area contributed by atoms with Gasteiger partial charge in [0, 0.05) is 18.5 Å². The van der Waals surface area contributed by atoms with Gasteiger partial charge in [0.2, 0.25) is 0 Å². The van der Waals surface area contributed by atoms with Crippen LogP contribution in [-0.2, 0) is 17.9 Å². The van der Waals surface area contributed by atoms with E-state index >= 15 is 0 Å². The number of ether oxygens (including phenoxy) is 1. The number of rotatable bonds is 7. The lowest BCUT2D eigenvalue weighted by molar-refractivity contribution is 0.0604. The minimum absolute atomic E-state index is 0.556. The average Bonchev–Trinajstić information content (AvgIpc) is 3.06. The Morgan fingerprint density at radius 2 is 1.54 bits per heavy atom. The molecule has 2 aromatic carbocycles. The second-order valence-electron chi connectivity index (χ2n) is 7.74. The van der Waals surface area contributed by atoms with Crippen molar-refractivity contribution >= 4 is 0 Å². The zero-order valence-electron chi connectivity index (χ0n) is 15.4. The number of benzene rings is 2. The predicted molar refractivity (Wildman–Crippen MR) is 107 cm³/mol. The first-order valence-corrected chi connectivity index (χ1v) is 9.94. The van der Waals surface area contributed by atoms with Crippen LogP contribution in [0, 0.1) is 17.8 Å². The summed E-state index contributed by atoms with van der Waals surface area (Å²) in [6.45, 7) is 2.53. The highest BCUT2D eigenvalue weighted by molar-refractivity contribution is 5.15. The third kappa shape index (κ3) is 4.25. The monoisotopic (exact) mass is 347 g/mol. The Morgan fingerprint density at radius 3 is 2.31 bits per heavy atom. The van der Waals surface area contributed by atoms with Crippen molar-refractivity contribution < 1.29 is 4.74 Å². The molecule has 4 atom stereocenters. The summed E-state index contributed by atoms with van der Waals surface area (Å²) in [6, 6.07) is 21.8. The SMILES string of the molecule is C1=CC[C@H]2[C@H](C1)C[C@H](NCc1ccccc1)[C@@H]2COCc1ccccc1. The topological polar surface area (TPSA) is 21.3 Å². The molecular weight excluding hydrogens is 318 g/mol. The minimum atomic E-state index is 0.556. The Morgan fingerprint density at radius 1 is 0.846 bits per heavy atom. The van der Waals surface area contributed by atoms with Crippen molar-refractivity contribution in [3.63, 3.8) is 0 Å². The molecule has 0 aromatic heterocycles. The van der Waals surface area contributed by atoms with E-state index in [1.54, 1.807) is 0 Å². The van der Waals surface area contributed by atoms with E-state index in [0.29, 0.717) is 12.0 Å². The van der Waals surface area contributed by atoms with Crippen LogP contribution in [0.4, 0.5) is 0 Å². The molecule has 2 aliphatic rings. The molecule has 0 saturated heterocycles. The van der Waals surface area contributed by atoms with Gasteiger partial charge in [0.05, 0.1) is 13.2 Å². The van der Waals surface area contributed by atoms with Crippen molar-refractivity contribution in [2.45, 2.75) is 38.5 Å². The van der Waals surface area contributed by atoms with Gasteiger partial charge in [-0.1, -0.05) is 72.8 Å². The summed E-state index contributed by atoms with van der Waals surface area (Å²) < 4.78 is 6.17. The number of hydrogen-bond acceptors (Lipinski definition) is 2. The second-order valence-corrected chi connectivity index (χ2v) is 7.74. The van der Waals surface area contributed by atoms with E-state index in [9.17, 15) is 0 Å². The summed E-state index contributed by atoms with van der Waals surface area (Å²) in [4.78, 5) is 0. The van der Waals surface area contributed by atoms with E-state index in [2.05, 4.69) is 78.1 Å². The van der Waals surface area contributed by atoms with Crippen LogP contribution in [0.5, 0.6) is 0 Å². The number of nitrogens with one attached hydrogen (secondary N) is 1. The molecule has 0 heterocycles. The first-order valence-electron chi connectivity index (χ1n) is 9.94. The predicted octanol–water partition coefficient (Wildman–Crippen LogP) is 4.96. The number of allylic oxidation sites excluding steroid dienone is 2. The van der Waals surface area contributed by atoms with Crippen LogP contribution in [0.15, 0.2) is 72.8 Å². The van der Waals surface area contributed by atoms with Crippen LogP contribution in [0.1, 0.15) is 30.4 Å². The molecule has 0 bridgehead atoms. The highest BCUT2D eigenvalue weighted by atomic mass is 16.5. The molecule has 0 radical (unpaired) electrons. The lowest BCUT2D eigenvalue weighted by Gasteiger charge is -2.28. The molecule has 0 spiro atoms. The Hall–Kier alpha value is -1.90. The lowest BCUT2D eigenvalue weighted by Crippen LogP contribution is -2.36. The van der Waals surface area contributed by atoms with Crippen LogP contribution >= 0.6 is 0 Å². The molecule has 2 aliphatic carbocycles. The summed E-state index contributed by atoms with van der Waals surface area (Å²) >= 11 is 0. The molecule has 4 rings (SSSR count). The zero-order chi connectivity index (χ0) is 17.6. The standard InChI is InChI=1S/C24H29NO/c1-3-9-19(10-4-1)16-25-24-15-21-13-7-8-14-22(21)23(24)18-26-17-20-11-5-2-6-12-20/h1-12,21-25H,13-18H2/t21-,22+,23-,24+/m1/s1. The number of hydrogen-bond donors (Lipinski definition) is 1. The van der Waals surface area contributed by atoms with Gasteiger partial charge in [0.15, 0.2) is 0 Å². The van der Waals surface area contributed by atoms with Crippen molar-refractivity contribution in [2.24, 2.45) is 17.8 Å². The van der Waals surface area contributed by atoms with E-state index in [4.69, 9.17) is 4.74 Å². The van der Waals surface area contributed by atoms with Gasteiger partial charge in [-0.15, -0.1) is 0 Å². The van der Waals surface area contributed by atoms with Crippen LogP contribution < -0.4 is 5.32 Å². The van der Waals surface area contributed by atoms with Crippen LogP contribution in [0.25, 0.3) is 0 Å². The van der Waals surface area contributed by atoms with E-state index in [0.717, 1.165) is 31.6 Å². The fourth-order valence-corrected chi connectivity index (χ4v) is 4.69. The van der Waals surface area contributed by atoms with Crippen molar-refractivity contribution in [3.8, 4) is 0 Å². The smallest absolute Gasteiger partial charge is 0.0717 e. The van der Waals surface area contributed by atoms with Crippen LogP contribution in [0.3, 0.4) is 0 Å². The van der Waals surface area contributed by atoms with Gasteiger partial charge in [-0.05, 0) is 42.2 Å². The molecule has 0 aliphatic heterocycles. The normalized spacial score (nSPS) is 27.4. The van der Waals surface area contributed by atoms with Gasteiger partial charge >= 0.3 is 0 Å². The highest BCUT2D eigenvalue weighted by Crippen LogP contribution is 2.44. The summed E-state index contributed by atoms with van der Waals surface area (Å²) in [5.41, 5.74) is 2.63. The van der Waals surface area contributed by atoms with Gasteiger partial charge in [-0.3, -0.25) is 0 Å². The molecule has 1 N–H and O–H groups in total. The number of fused-ring (bicyclic) bond motifs is 1. The maximum absolute atomic E-state index is 6.17. The Balaban J connectivity index is 1.37. The minimum Gasteiger partial charge on any atom is -0.376 e. The first kappa shape index (κ1) is 17.5. The van der Waals surface area contributed by atoms with Crippen molar-refractivity contribution in [1.29, 1.82) is 0 Å². The third-order valence-electron chi connectivity index (χ3n) is 6.08. The van der Waals surface area contributed by atoms with Crippen molar-refractivity contribution in [3.05, 3.63) is 83.9 Å². The molecule has 0 amide bonds. The summed E-state index contributed by atoms with van der Waals surface area (Å²) in [7, 11) is 0. The first-order chi connectivity index (χ1) is 12.9. The second kappa shape index (κ2) is 8.66. The van der Waals surface area contributed by atoms with Gasteiger partial charge in [0.1, 0.15) is 0 Å². The largest absolute Gasteiger partial charge is 0.376 e. The quantitative estimate of drug-likeness (QED) is 0.715. The molecule has 26 heavy (non-hydrogen) atoms. The molecule has 2 nitrogen and oxygen atoms in total. The van der Waals surface area contributed by atoms with Crippen molar-refractivity contribution in [1.82, 2.24) is 5.32 Å². The Bertz CT molecular complexity index is 697. The maximum atomic E-state index is 6.17. The molecule has 1 saturated carbocycles. The molecule has 136 valence electrons. The fraction of sp³-hybridized carbons (Fsp3) is 0.417. The van der Waals surface area contributed by atoms with Crippen LogP contribution in [0.2, 0.25) is 0 Å². The molecule has 2 aromatic rings. The van der Waals surface area contributed by atoms with E-state index in [1.807, 2.05) is 0 Å². The summed E-state index contributed by atoms with van der Waals surface area (Å²) in [6.07, 6.45) is 8.49. The summed E-state index contributed by atoms with van der Waals surface area (Å²) in [5, 5.41) is 3.85. The van der Waals surface area contributed by atoms with Gasteiger partial charge < -0.3 is 10.1 Å². The molecular formula is C24H29NO. The average molecular weight is 348 g/mol. The Kier molecular flexibility index (Phi) is 5.83. The van der Waals surface area contributed by atoms with Gasteiger partial charge in [-0.25, -0.2) is 0 Å². The molecule has 0 unspecified atom stereocenters. The fourth-order valence-electron chi connectivity index (χ4n) is 4.69. The van der Waals surface area contributed by atoms with Gasteiger partial charge in [-0.2, -0.15) is 0 Å². The van der Waals surface area contributed by atoms with E-state index < -0.39 is 0 Å².